The first-order valence-corrected chi connectivity index (χ1v) is 9.32. The summed E-state index contributed by atoms with van der Waals surface area (Å²) < 4.78 is 46.7. The van der Waals surface area contributed by atoms with Crippen molar-refractivity contribution in [3.05, 3.63) is 76.4 Å². The predicted octanol–water partition coefficient (Wildman–Crippen LogP) is 3.44. The number of rotatable bonds is 5. The second-order valence-corrected chi connectivity index (χ2v) is 6.87. The van der Waals surface area contributed by atoms with E-state index in [4.69, 9.17) is 4.42 Å². The van der Waals surface area contributed by atoms with Crippen molar-refractivity contribution in [2.75, 3.05) is 6.54 Å². The molecule has 10 heteroatoms. The highest BCUT2D eigenvalue weighted by Gasteiger charge is 2.31. The number of nitrogens with one attached hydrogen (secondary N) is 1. The number of amides is 1. The molecule has 31 heavy (non-hydrogen) atoms. The third-order valence-electron chi connectivity index (χ3n) is 4.75. The van der Waals surface area contributed by atoms with Gasteiger partial charge in [0.15, 0.2) is 11.6 Å². The standard InChI is InChI=1S/C21H17F3N4O3/c1-27-18(14-6-4-7-15(11-14)21(22,23)24)26-28(20(27)30)10-9-25-19(29)17-12-13-5-2-3-8-16(13)31-17/h2-8,11-12H,9-10H2,1H3,(H,25,29). The molecule has 0 aliphatic rings. The molecule has 4 aromatic rings. The van der Waals surface area contributed by atoms with Crippen molar-refractivity contribution in [3.8, 4) is 11.4 Å². The van der Waals surface area contributed by atoms with Gasteiger partial charge < -0.3 is 9.73 Å². The summed E-state index contributed by atoms with van der Waals surface area (Å²) in [5, 5.41) is 7.57. The number of hydrogen-bond donors (Lipinski definition) is 1. The lowest BCUT2D eigenvalue weighted by Gasteiger charge is -2.07. The fourth-order valence-electron chi connectivity index (χ4n) is 3.18. The molecule has 0 radical (unpaired) electrons. The van der Waals surface area contributed by atoms with Crippen LogP contribution in [0.5, 0.6) is 0 Å². The predicted molar refractivity (Wildman–Crippen MR) is 106 cm³/mol. The first kappa shape index (κ1) is 20.5. The summed E-state index contributed by atoms with van der Waals surface area (Å²) in [5.74, 6) is -0.211. The topological polar surface area (TPSA) is 82.1 Å². The first-order chi connectivity index (χ1) is 14.7. The lowest BCUT2D eigenvalue weighted by Crippen LogP contribution is -2.31. The molecule has 0 aliphatic carbocycles. The smallest absolute Gasteiger partial charge is 0.416 e. The van der Waals surface area contributed by atoms with E-state index in [1.54, 1.807) is 18.2 Å². The molecule has 7 nitrogen and oxygen atoms in total. The van der Waals surface area contributed by atoms with Gasteiger partial charge in [0.05, 0.1) is 12.1 Å². The van der Waals surface area contributed by atoms with E-state index in [9.17, 15) is 22.8 Å². The number of benzene rings is 2. The van der Waals surface area contributed by atoms with Crippen molar-refractivity contribution in [1.29, 1.82) is 0 Å². The fourth-order valence-corrected chi connectivity index (χ4v) is 3.18. The van der Waals surface area contributed by atoms with Crippen molar-refractivity contribution in [2.24, 2.45) is 7.05 Å². The average molecular weight is 430 g/mol. The van der Waals surface area contributed by atoms with Crippen molar-refractivity contribution in [2.45, 2.75) is 12.7 Å². The molecule has 0 spiro atoms. The molecule has 160 valence electrons. The Hall–Kier alpha value is -3.82. The summed E-state index contributed by atoms with van der Waals surface area (Å²) in [6.07, 6.45) is -4.50. The van der Waals surface area contributed by atoms with Crippen LogP contribution in [0.3, 0.4) is 0 Å². The zero-order chi connectivity index (χ0) is 22.2. The molecule has 0 bridgehead atoms. The lowest BCUT2D eigenvalue weighted by molar-refractivity contribution is -0.137. The third-order valence-corrected chi connectivity index (χ3v) is 4.75. The zero-order valence-electron chi connectivity index (χ0n) is 16.3. The van der Waals surface area contributed by atoms with Gasteiger partial charge in [-0.25, -0.2) is 9.48 Å². The maximum Gasteiger partial charge on any atom is 0.416 e. The van der Waals surface area contributed by atoms with Gasteiger partial charge in [-0.05, 0) is 24.3 Å². The molecule has 0 saturated heterocycles. The molecule has 0 unspecified atom stereocenters. The van der Waals surface area contributed by atoms with E-state index < -0.39 is 23.3 Å². The van der Waals surface area contributed by atoms with Gasteiger partial charge in [-0.1, -0.05) is 30.3 Å². The number of halogens is 3. The molecular weight excluding hydrogens is 413 g/mol. The van der Waals surface area contributed by atoms with Gasteiger partial charge in [0.1, 0.15) is 5.58 Å². The van der Waals surface area contributed by atoms with E-state index in [0.717, 1.165) is 26.8 Å². The second-order valence-electron chi connectivity index (χ2n) is 6.87. The molecule has 0 aliphatic heterocycles. The van der Waals surface area contributed by atoms with E-state index in [0.29, 0.717) is 5.58 Å². The Morgan fingerprint density at radius 2 is 1.90 bits per heavy atom. The van der Waals surface area contributed by atoms with Crippen LogP contribution >= 0.6 is 0 Å². The number of hydrogen-bond acceptors (Lipinski definition) is 4. The molecule has 2 heterocycles. The number of nitrogens with zero attached hydrogens (tertiary/aromatic N) is 3. The first-order valence-electron chi connectivity index (χ1n) is 9.32. The lowest BCUT2D eigenvalue weighted by atomic mass is 10.1. The number of carbonyl (C=O) groups is 1. The van der Waals surface area contributed by atoms with Gasteiger partial charge in [0, 0.05) is 24.5 Å². The molecule has 1 amide bonds. The van der Waals surface area contributed by atoms with Crippen molar-refractivity contribution in [1.82, 2.24) is 19.7 Å². The number of alkyl halides is 3. The Morgan fingerprint density at radius 1 is 1.13 bits per heavy atom. The Morgan fingerprint density at radius 3 is 2.65 bits per heavy atom. The number of fused-ring (bicyclic) bond motifs is 1. The van der Waals surface area contributed by atoms with Crippen LogP contribution in [0.25, 0.3) is 22.4 Å². The van der Waals surface area contributed by atoms with Crippen LogP contribution in [-0.4, -0.2) is 26.8 Å². The fraction of sp³-hybridized carbons (Fsp3) is 0.190. The third kappa shape index (κ3) is 4.09. The van der Waals surface area contributed by atoms with E-state index in [-0.39, 0.29) is 30.2 Å². The second kappa shape index (κ2) is 7.78. The quantitative estimate of drug-likeness (QED) is 0.526. The maximum atomic E-state index is 13.0. The Kier molecular flexibility index (Phi) is 5.14. The monoisotopic (exact) mass is 430 g/mol. The van der Waals surface area contributed by atoms with Crippen LogP contribution in [0, 0.1) is 0 Å². The minimum Gasteiger partial charge on any atom is -0.451 e. The van der Waals surface area contributed by atoms with E-state index >= 15 is 0 Å². The highest BCUT2D eigenvalue weighted by molar-refractivity contribution is 5.96. The van der Waals surface area contributed by atoms with Crippen LogP contribution in [-0.2, 0) is 19.8 Å². The van der Waals surface area contributed by atoms with Gasteiger partial charge in [0.25, 0.3) is 5.91 Å². The van der Waals surface area contributed by atoms with Gasteiger partial charge >= 0.3 is 11.9 Å². The van der Waals surface area contributed by atoms with Crippen LogP contribution in [0.2, 0.25) is 0 Å². The summed E-state index contributed by atoms with van der Waals surface area (Å²) >= 11 is 0. The van der Waals surface area contributed by atoms with Crippen LogP contribution < -0.4 is 11.0 Å². The molecule has 2 aromatic heterocycles. The SMILES string of the molecule is Cn1c(-c2cccc(C(F)(F)F)c2)nn(CCNC(=O)c2cc3ccccc3o2)c1=O. The molecule has 2 aromatic carbocycles. The van der Waals surface area contributed by atoms with Gasteiger partial charge in [-0.3, -0.25) is 9.36 Å². The van der Waals surface area contributed by atoms with E-state index in [1.165, 1.54) is 19.2 Å². The van der Waals surface area contributed by atoms with E-state index in [1.807, 2.05) is 12.1 Å². The van der Waals surface area contributed by atoms with Gasteiger partial charge in [-0.2, -0.15) is 13.2 Å². The summed E-state index contributed by atoms with van der Waals surface area (Å²) in [4.78, 5) is 24.7. The Balaban J connectivity index is 1.48. The number of carbonyl (C=O) groups excluding carboxylic acids is 1. The summed E-state index contributed by atoms with van der Waals surface area (Å²) in [7, 11) is 1.43. The number of para-hydroxylation sites is 1. The van der Waals surface area contributed by atoms with Crippen molar-refractivity contribution >= 4 is 16.9 Å². The summed E-state index contributed by atoms with van der Waals surface area (Å²) in [5.41, 5.74) is -0.589. The van der Waals surface area contributed by atoms with Crippen molar-refractivity contribution in [3.63, 3.8) is 0 Å². The van der Waals surface area contributed by atoms with Crippen molar-refractivity contribution < 1.29 is 22.4 Å². The van der Waals surface area contributed by atoms with Crippen LogP contribution in [0.4, 0.5) is 13.2 Å². The average Bonchev–Trinajstić information content (AvgIpc) is 3.30. The highest BCUT2D eigenvalue weighted by atomic mass is 19.4. The molecule has 0 saturated carbocycles. The largest absolute Gasteiger partial charge is 0.451 e. The Bertz CT molecular complexity index is 1280. The molecule has 1 N–H and O–H groups in total. The molecular formula is C21H17F3N4O3. The van der Waals surface area contributed by atoms with Crippen LogP contribution in [0.1, 0.15) is 16.1 Å². The normalized spacial score (nSPS) is 11.7. The van der Waals surface area contributed by atoms with Crippen LogP contribution in [0.15, 0.2) is 63.8 Å². The Labute approximate surface area is 173 Å². The van der Waals surface area contributed by atoms with E-state index in [2.05, 4.69) is 10.4 Å². The number of furan rings is 1. The van der Waals surface area contributed by atoms with Gasteiger partial charge in [-0.15, -0.1) is 5.10 Å². The summed E-state index contributed by atoms with van der Waals surface area (Å²) in [6.45, 7) is 0.117. The highest BCUT2D eigenvalue weighted by Crippen LogP contribution is 2.31. The molecule has 4 rings (SSSR count). The zero-order valence-corrected chi connectivity index (χ0v) is 16.3. The summed E-state index contributed by atoms with van der Waals surface area (Å²) in [6, 6.07) is 13.4. The minimum atomic E-state index is -4.50. The maximum absolute atomic E-state index is 13.0. The molecule has 0 fully saturated rings. The number of aromatic nitrogens is 3. The molecule has 0 atom stereocenters. The minimum absolute atomic E-state index is 0.0393. The van der Waals surface area contributed by atoms with Gasteiger partial charge in [0.2, 0.25) is 0 Å².